The van der Waals surface area contributed by atoms with Crippen LogP contribution in [0.15, 0.2) is 12.1 Å². The molecule has 6 heteroatoms. The Hall–Kier alpha value is -2.11. The molecule has 3 heterocycles. The quantitative estimate of drug-likeness (QED) is 0.834. The fraction of sp³-hybridized carbons (Fsp3) is 0.462. The van der Waals surface area contributed by atoms with Crippen molar-refractivity contribution in [1.82, 2.24) is 4.98 Å². The molecule has 1 N–H and O–H groups in total. The summed E-state index contributed by atoms with van der Waals surface area (Å²) < 4.78 is 5.20. The lowest BCUT2D eigenvalue weighted by atomic mass is 10.3. The van der Waals surface area contributed by atoms with Gasteiger partial charge in [-0.05, 0) is 18.6 Å². The monoisotopic (exact) mass is 263 g/mol. The molecule has 0 bridgehead atoms. The lowest BCUT2D eigenvalue weighted by Gasteiger charge is -2.20. The Labute approximate surface area is 111 Å². The Morgan fingerprint density at radius 1 is 1.32 bits per heavy atom. The molecule has 2 aliphatic rings. The Kier molecular flexibility index (Phi) is 3.99. The van der Waals surface area contributed by atoms with Crippen LogP contribution in [-0.4, -0.2) is 29.9 Å². The Balaban J connectivity index is 0.000000637. The summed E-state index contributed by atoms with van der Waals surface area (Å²) in [5.74, 6) is 1.34. The molecule has 2 amide bonds. The number of pyridine rings is 1. The van der Waals surface area contributed by atoms with E-state index < -0.39 is 0 Å². The highest BCUT2D eigenvalue weighted by Gasteiger charge is 2.25. The van der Waals surface area contributed by atoms with Gasteiger partial charge in [-0.15, -0.1) is 0 Å². The second kappa shape index (κ2) is 5.69. The molecule has 19 heavy (non-hydrogen) atoms. The van der Waals surface area contributed by atoms with Gasteiger partial charge in [0.1, 0.15) is 5.82 Å². The van der Waals surface area contributed by atoms with E-state index >= 15 is 0 Å². The summed E-state index contributed by atoms with van der Waals surface area (Å²) in [6.07, 6.45) is 1.40. The first-order valence-corrected chi connectivity index (χ1v) is 6.48. The normalized spacial score (nSPS) is 17.1. The summed E-state index contributed by atoms with van der Waals surface area (Å²) >= 11 is 0. The van der Waals surface area contributed by atoms with Crippen LogP contribution in [0.4, 0.5) is 11.6 Å². The van der Waals surface area contributed by atoms with Crippen molar-refractivity contribution in [2.45, 2.75) is 26.7 Å². The summed E-state index contributed by atoms with van der Waals surface area (Å²) in [5, 5.41) is 2.63. The molecule has 1 aromatic rings. The number of anilines is 2. The molecular formula is C13H17N3O3. The highest BCUT2D eigenvalue weighted by Crippen LogP contribution is 2.29. The first kappa shape index (κ1) is 13.3. The number of nitrogens with zero attached hydrogens (tertiary/aromatic N) is 2. The molecule has 1 fully saturated rings. The molecule has 1 saturated heterocycles. The van der Waals surface area contributed by atoms with E-state index in [4.69, 9.17) is 4.74 Å². The zero-order valence-electron chi connectivity index (χ0n) is 11.1. The van der Waals surface area contributed by atoms with Crippen molar-refractivity contribution >= 4 is 23.5 Å². The van der Waals surface area contributed by atoms with Gasteiger partial charge in [0, 0.05) is 13.0 Å². The third-order valence-corrected chi connectivity index (χ3v) is 2.81. The molecular weight excluding hydrogens is 246 g/mol. The predicted molar refractivity (Wildman–Crippen MR) is 71.3 cm³/mol. The number of rotatable bonds is 1. The van der Waals surface area contributed by atoms with Crippen LogP contribution >= 0.6 is 0 Å². The number of fused-ring (bicyclic) bond motifs is 1. The van der Waals surface area contributed by atoms with E-state index in [2.05, 4.69) is 10.3 Å². The molecule has 0 aromatic carbocycles. The van der Waals surface area contributed by atoms with Crippen LogP contribution in [-0.2, 0) is 9.59 Å². The minimum atomic E-state index is -0.227. The van der Waals surface area contributed by atoms with Crippen molar-refractivity contribution in [3.05, 3.63) is 12.1 Å². The highest BCUT2D eigenvalue weighted by atomic mass is 16.5. The molecule has 6 nitrogen and oxygen atoms in total. The summed E-state index contributed by atoms with van der Waals surface area (Å²) in [6.45, 7) is 4.69. The van der Waals surface area contributed by atoms with Crippen molar-refractivity contribution in [2.24, 2.45) is 0 Å². The van der Waals surface area contributed by atoms with Crippen LogP contribution < -0.4 is 15.0 Å². The smallest absolute Gasteiger partial charge is 0.263 e. The highest BCUT2D eigenvalue weighted by molar-refractivity contribution is 5.97. The van der Waals surface area contributed by atoms with E-state index in [0.29, 0.717) is 30.4 Å². The molecule has 0 saturated carbocycles. The topological polar surface area (TPSA) is 71.5 Å². The van der Waals surface area contributed by atoms with Crippen LogP contribution in [0, 0.1) is 0 Å². The van der Waals surface area contributed by atoms with Crippen LogP contribution in [0.5, 0.6) is 5.75 Å². The van der Waals surface area contributed by atoms with Gasteiger partial charge < -0.3 is 10.1 Å². The zero-order chi connectivity index (χ0) is 13.8. The Morgan fingerprint density at radius 2 is 2.11 bits per heavy atom. The van der Waals surface area contributed by atoms with Gasteiger partial charge >= 0.3 is 0 Å². The van der Waals surface area contributed by atoms with E-state index in [1.807, 2.05) is 13.8 Å². The van der Waals surface area contributed by atoms with Crippen LogP contribution in [0.3, 0.4) is 0 Å². The number of hydrogen-bond donors (Lipinski definition) is 1. The lowest BCUT2D eigenvalue weighted by molar-refractivity contribution is -0.118. The first-order chi connectivity index (χ1) is 9.24. The third kappa shape index (κ3) is 2.67. The average Bonchev–Trinajstić information content (AvgIpc) is 2.86. The molecule has 102 valence electrons. The van der Waals surface area contributed by atoms with Crippen molar-refractivity contribution in [2.75, 3.05) is 23.4 Å². The van der Waals surface area contributed by atoms with Gasteiger partial charge in [-0.1, -0.05) is 13.8 Å². The fourth-order valence-electron chi connectivity index (χ4n) is 1.99. The molecule has 0 spiro atoms. The maximum Gasteiger partial charge on any atom is 0.263 e. The summed E-state index contributed by atoms with van der Waals surface area (Å²) in [6, 6.07) is 3.46. The van der Waals surface area contributed by atoms with Crippen LogP contribution in [0.1, 0.15) is 26.7 Å². The number of carbonyl (C=O) groups excluding carboxylic acids is 2. The minimum absolute atomic E-state index is 0.0106. The maximum atomic E-state index is 11.6. The standard InChI is InChI=1S/C11H11N3O3.C2H6/c15-9-6-17-7-3-4-8(12-11(7)13-9)14-5-1-2-10(14)16;1-2/h3-4H,1-2,5-6H2,(H,12,13,15);1-2H3. The lowest BCUT2D eigenvalue weighted by Crippen LogP contribution is -2.28. The number of hydrogen-bond acceptors (Lipinski definition) is 4. The molecule has 2 aliphatic heterocycles. The van der Waals surface area contributed by atoms with Crippen molar-refractivity contribution < 1.29 is 14.3 Å². The molecule has 0 atom stereocenters. The number of carbonyl (C=O) groups is 2. The molecule has 0 unspecified atom stereocenters. The van der Waals surface area contributed by atoms with Gasteiger partial charge in [-0.3, -0.25) is 14.5 Å². The summed E-state index contributed by atoms with van der Waals surface area (Å²) in [5.41, 5.74) is 0. The van der Waals surface area contributed by atoms with Crippen molar-refractivity contribution in [3.8, 4) is 5.75 Å². The fourth-order valence-corrected chi connectivity index (χ4v) is 1.99. The van der Waals surface area contributed by atoms with E-state index in [1.54, 1.807) is 17.0 Å². The van der Waals surface area contributed by atoms with E-state index in [9.17, 15) is 9.59 Å². The van der Waals surface area contributed by atoms with Gasteiger partial charge in [-0.2, -0.15) is 0 Å². The third-order valence-electron chi connectivity index (χ3n) is 2.81. The summed E-state index contributed by atoms with van der Waals surface area (Å²) in [4.78, 5) is 28.6. The van der Waals surface area contributed by atoms with Gasteiger partial charge in [-0.25, -0.2) is 4.98 Å². The SMILES string of the molecule is CC.O=C1COc2ccc(N3CCCC3=O)nc2N1. The minimum Gasteiger partial charge on any atom is -0.480 e. The predicted octanol–water partition coefficient (Wildman–Crippen LogP) is 1.57. The van der Waals surface area contributed by atoms with E-state index in [-0.39, 0.29) is 18.4 Å². The first-order valence-electron chi connectivity index (χ1n) is 6.48. The van der Waals surface area contributed by atoms with E-state index in [1.165, 1.54) is 0 Å². The van der Waals surface area contributed by atoms with Gasteiger partial charge in [0.05, 0.1) is 0 Å². The van der Waals surface area contributed by atoms with Gasteiger partial charge in [0.15, 0.2) is 18.2 Å². The van der Waals surface area contributed by atoms with Gasteiger partial charge in [0.2, 0.25) is 5.91 Å². The number of amides is 2. The second-order valence-corrected chi connectivity index (χ2v) is 4.00. The number of aromatic nitrogens is 1. The molecule has 3 rings (SSSR count). The molecule has 1 aromatic heterocycles. The molecule has 0 radical (unpaired) electrons. The van der Waals surface area contributed by atoms with E-state index in [0.717, 1.165) is 6.42 Å². The number of nitrogens with one attached hydrogen (secondary N) is 1. The Bertz CT molecular complexity index is 502. The van der Waals surface area contributed by atoms with Crippen LogP contribution in [0.25, 0.3) is 0 Å². The largest absolute Gasteiger partial charge is 0.480 e. The van der Waals surface area contributed by atoms with Crippen molar-refractivity contribution in [1.29, 1.82) is 0 Å². The second-order valence-electron chi connectivity index (χ2n) is 4.00. The molecule has 0 aliphatic carbocycles. The van der Waals surface area contributed by atoms with Crippen LogP contribution in [0.2, 0.25) is 0 Å². The zero-order valence-corrected chi connectivity index (χ0v) is 11.1. The average molecular weight is 263 g/mol. The van der Waals surface area contributed by atoms with Crippen molar-refractivity contribution in [3.63, 3.8) is 0 Å². The number of ether oxygens (including phenoxy) is 1. The summed E-state index contributed by atoms with van der Waals surface area (Å²) in [7, 11) is 0. The van der Waals surface area contributed by atoms with Gasteiger partial charge in [0.25, 0.3) is 5.91 Å². The Morgan fingerprint density at radius 3 is 2.79 bits per heavy atom. The maximum absolute atomic E-state index is 11.6.